The molecule has 6 aliphatic rings. The maximum absolute atomic E-state index is 12.2. The van der Waals surface area contributed by atoms with Gasteiger partial charge in [-0.3, -0.25) is 4.79 Å². The Morgan fingerprint density at radius 3 is 2.29 bits per heavy atom. The highest BCUT2D eigenvalue weighted by Gasteiger charge is 2.77. The minimum Gasteiger partial charge on any atom is -0.481 e. The van der Waals surface area contributed by atoms with Crippen molar-refractivity contribution in [2.75, 3.05) is 0 Å². The zero-order chi connectivity index (χ0) is 24.6. The molecule has 0 radical (unpaired) electrons. The van der Waals surface area contributed by atoms with E-state index in [2.05, 4.69) is 34.6 Å². The monoisotopic (exact) mass is 476 g/mol. The van der Waals surface area contributed by atoms with Crippen molar-refractivity contribution in [1.82, 2.24) is 0 Å². The molecule has 13 atom stereocenters. The van der Waals surface area contributed by atoms with Gasteiger partial charge >= 0.3 is 5.97 Å². The number of aliphatic carboxylic acids is 1. The molecule has 6 rings (SSSR count). The zero-order valence-electron chi connectivity index (χ0n) is 21.7. The molecular weight excluding hydrogens is 432 g/mol. The predicted octanol–water partition coefficient (Wildman–Crippen LogP) is 4.22. The number of rotatable bonds is 1. The van der Waals surface area contributed by atoms with E-state index >= 15 is 0 Å². The molecule has 0 aromatic rings. The maximum Gasteiger partial charge on any atom is 0.306 e. The Morgan fingerprint density at radius 1 is 0.971 bits per heavy atom. The molecule has 192 valence electrons. The number of hydrogen-bond donors (Lipinski definition) is 3. The van der Waals surface area contributed by atoms with Gasteiger partial charge < -0.3 is 24.8 Å². The van der Waals surface area contributed by atoms with Gasteiger partial charge in [0, 0.05) is 12.3 Å². The average Bonchev–Trinajstić information content (AvgIpc) is 3.33. The van der Waals surface area contributed by atoms with Crippen LogP contribution in [0, 0.1) is 52.3 Å². The molecule has 1 spiro atoms. The van der Waals surface area contributed by atoms with Crippen molar-refractivity contribution in [3.05, 3.63) is 0 Å². The summed E-state index contributed by atoms with van der Waals surface area (Å²) in [5.74, 6) is -0.514. The summed E-state index contributed by atoms with van der Waals surface area (Å²) in [6, 6.07) is 0. The highest BCUT2D eigenvalue weighted by atomic mass is 16.7. The third kappa shape index (κ3) is 2.70. The Balaban J connectivity index is 1.33. The molecule has 34 heavy (non-hydrogen) atoms. The van der Waals surface area contributed by atoms with Gasteiger partial charge in [-0.1, -0.05) is 20.8 Å². The van der Waals surface area contributed by atoms with Crippen LogP contribution in [0.1, 0.15) is 86.5 Å². The topological polar surface area (TPSA) is 96.2 Å². The van der Waals surface area contributed by atoms with E-state index in [9.17, 15) is 20.1 Å². The quantitative estimate of drug-likeness (QED) is 0.524. The fourth-order valence-electron chi connectivity index (χ4n) is 10.8. The van der Waals surface area contributed by atoms with E-state index in [0.29, 0.717) is 37.0 Å². The van der Waals surface area contributed by atoms with Crippen molar-refractivity contribution >= 4 is 5.97 Å². The van der Waals surface area contributed by atoms with Crippen LogP contribution < -0.4 is 0 Å². The first-order valence-electron chi connectivity index (χ1n) is 13.7. The standard InChI is InChI=1S/C28H44O6/c1-14-11-28(34-24(14,2)3)27(6,32)22-20(33-28)10-18-17-8-7-16-9-15(23(30)31)12-25(16,4)21(17)19(29)13-26(18,22)5/h14-22,29,32H,7-13H2,1-6H3,(H,30,31)/t14-,15-,16-,17-,18-,19-,20-,21+,22-,25-,26-,27+,28-/m0/s1. The number of hydrogen-bond acceptors (Lipinski definition) is 5. The fourth-order valence-corrected chi connectivity index (χ4v) is 10.8. The van der Waals surface area contributed by atoms with Crippen LogP contribution in [0.4, 0.5) is 0 Å². The minimum absolute atomic E-state index is 0.0714. The summed E-state index contributed by atoms with van der Waals surface area (Å²) < 4.78 is 13.3. The number of ether oxygens (including phenoxy) is 2. The highest BCUT2D eigenvalue weighted by Crippen LogP contribution is 2.73. The Bertz CT molecular complexity index is 899. The summed E-state index contributed by atoms with van der Waals surface area (Å²) >= 11 is 0. The van der Waals surface area contributed by atoms with Crippen molar-refractivity contribution in [2.24, 2.45) is 52.3 Å². The van der Waals surface area contributed by atoms with Crippen LogP contribution in [0.5, 0.6) is 0 Å². The lowest BCUT2D eigenvalue weighted by molar-refractivity contribution is -0.300. The second-order valence-electron chi connectivity index (χ2n) is 14.4. The zero-order valence-corrected chi connectivity index (χ0v) is 21.7. The van der Waals surface area contributed by atoms with E-state index in [4.69, 9.17) is 9.47 Å². The maximum atomic E-state index is 12.2. The van der Waals surface area contributed by atoms with Crippen LogP contribution in [0.25, 0.3) is 0 Å². The number of fused-ring (bicyclic) bond motifs is 7. The Kier molecular flexibility index (Phi) is 4.73. The lowest BCUT2D eigenvalue weighted by atomic mass is 9.46. The molecular formula is C28H44O6. The van der Waals surface area contributed by atoms with Crippen molar-refractivity contribution in [3.63, 3.8) is 0 Å². The van der Waals surface area contributed by atoms with E-state index in [1.807, 2.05) is 6.92 Å². The fraction of sp³-hybridized carbons (Fsp3) is 0.964. The largest absolute Gasteiger partial charge is 0.481 e. The van der Waals surface area contributed by atoms with Gasteiger partial charge in [-0.15, -0.1) is 0 Å². The molecule has 0 bridgehead atoms. The number of aliphatic hydroxyl groups excluding tert-OH is 1. The minimum atomic E-state index is -1.13. The summed E-state index contributed by atoms with van der Waals surface area (Å²) in [4.78, 5) is 11.8. The highest BCUT2D eigenvalue weighted by molar-refractivity contribution is 5.70. The molecule has 0 amide bonds. The van der Waals surface area contributed by atoms with E-state index in [1.54, 1.807) is 0 Å². The van der Waals surface area contributed by atoms with Gasteiger partial charge in [-0.2, -0.15) is 0 Å². The SMILES string of the molecule is C[C@H]1C[C@]2(O[C@H]3C[C@H]4[C@@H]5CC[C@H]6C[C@H](C(=O)O)C[C@]6(C)[C@H]5[C@@H](O)C[C@]4(C)[C@H]3[C@@]2(C)O)OC1(C)C. The van der Waals surface area contributed by atoms with Crippen LogP contribution in [0.2, 0.25) is 0 Å². The number of carbonyl (C=O) groups is 1. The van der Waals surface area contributed by atoms with Gasteiger partial charge in [0.15, 0.2) is 5.79 Å². The molecule has 2 saturated heterocycles. The molecule has 4 aliphatic carbocycles. The smallest absolute Gasteiger partial charge is 0.306 e. The second kappa shape index (κ2) is 6.79. The van der Waals surface area contributed by atoms with E-state index < -0.39 is 23.5 Å². The Labute approximate surface area is 203 Å². The van der Waals surface area contributed by atoms with Crippen molar-refractivity contribution < 1.29 is 29.6 Å². The summed E-state index contributed by atoms with van der Waals surface area (Å²) in [7, 11) is 0. The molecule has 6 nitrogen and oxygen atoms in total. The molecule has 0 aromatic heterocycles. The van der Waals surface area contributed by atoms with Gasteiger partial charge in [-0.05, 0) is 99.7 Å². The molecule has 6 fully saturated rings. The molecule has 6 heteroatoms. The van der Waals surface area contributed by atoms with Crippen LogP contribution in [0.15, 0.2) is 0 Å². The van der Waals surface area contributed by atoms with Gasteiger partial charge in [-0.25, -0.2) is 0 Å². The Morgan fingerprint density at radius 2 is 1.68 bits per heavy atom. The normalized spacial score (nSPS) is 61.7. The third-order valence-electron chi connectivity index (χ3n) is 12.5. The summed E-state index contributed by atoms with van der Waals surface area (Å²) in [5.41, 5.74) is -1.83. The van der Waals surface area contributed by atoms with Crippen LogP contribution in [0.3, 0.4) is 0 Å². The molecule has 2 heterocycles. The molecule has 0 aromatic carbocycles. The lowest BCUT2D eigenvalue weighted by Gasteiger charge is -2.60. The summed E-state index contributed by atoms with van der Waals surface area (Å²) in [6.45, 7) is 12.8. The molecule has 4 saturated carbocycles. The summed E-state index contributed by atoms with van der Waals surface area (Å²) in [6.07, 6.45) is 5.21. The van der Waals surface area contributed by atoms with Crippen molar-refractivity contribution in [1.29, 1.82) is 0 Å². The predicted molar refractivity (Wildman–Crippen MR) is 126 cm³/mol. The first-order chi connectivity index (χ1) is 15.7. The van der Waals surface area contributed by atoms with Crippen LogP contribution in [-0.4, -0.2) is 50.5 Å². The van der Waals surface area contributed by atoms with E-state index in [-0.39, 0.29) is 46.2 Å². The van der Waals surface area contributed by atoms with E-state index in [0.717, 1.165) is 25.7 Å². The molecule has 0 unspecified atom stereocenters. The number of carboxylic acid groups (broad SMARTS) is 1. The lowest BCUT2D eigenvalue weighted by Crippen LogP contribution is -2.61. The van der Waals surface area contributed by atoms with E-state index in [1.165, 1.54) is 0 Å². The van der Waals surface area contributed by atoms with Gasteiger partial charge in [0.05, 0.1) is 23.7 Å². The summed E-state index contributed by atoms with van der Waals surface area (Å²) in [5, 5.41) is 33.6. The first kappa shape index (κ1) is 23.7. The molecule has 3 N–H and O–H groups in total. The molecule has 2 aliphatic heterocycles. The third-order valence-corrected chi connectivity index (χ3v) is 12.5. The first-order valence-corrected chi connectivity index (χ1v) is 13.7. The second-order valence-corrected chi connectivity index (χ2v) is 14.4. The Hall–Kier alpha value is -0.690. The van der Waals surface area contributed by atoms with Crippen molar-refractivity contribution in [3.8, 4) is 0 Å². The van der Waals surface area contributed by atoms with Gasteiger partial charge in [0.2, 0.25) is 0 Å². The number of carboxylic acids is 1. The van der Waals surface area contributed by atoms with Crippen molar-refractivity contribution in [2.45, 2.75) is 116 Å². The average molecular weight is 477 g/mol. The van der Waals surface area contributed by atoms with Gasteiger partial charge in [0.1, 0.15) is 5.60 Å². The van der Waals surface area contributed by atoms with Crippen LogP contribution >= 0.6 is 0 Å². The number of aliphatic hydroxyl groups is 2. The van der Waals surface area contributed by atoms with Crippen LogP contribution in [-0.2, 0) is 14.3 Å². The van der Waals surface area contributed by atoms with Gasteiger partial charge in [0.25, 0.3) is 0 Å².